The van der Waals surface area contributed by atoms with E-state index in [1.807, 2.05) is 0 Å². The van der Waals surface area contributed by atoms with Gasteiger partial charge in [-0.3, -0.25) is 9.59 Å². The van der Waals surface area contributed by atoms with Crippen molar-refractivity contribution in [3.63, 3.8) is 0 Å². The van der Waals surface area contributed by atoms with Gasteiger partial charge in [-0.2, -0.15) is 0 Å². The van der Waals surface area contributed by atoms with Crippen LogP contribution in [0.15, 0.2) is 22.8 Å². The molecule has 0 aliphatic carbocycles. The van der Waals surface area contributed by atoms with Crippen LogP contribution in [0.3, 0.4) is 0 Å². The highest BCUT2D eigenvalue weighted by molar-refractivity contribution is 6.07. The summed E-state index contributed by atoms with van der Waals surface area (Å²) >= 11 is 0. The Bertz CT molecular complexity index is 303. The molecule has 0 unspecified atom stereocenters. The van der Waals surface area contributed by atoms with E-state index >= 15 is 0 Å². The lowest BCUT2D eigenvalue weighted by Crippen LogP contribution is -2.14. The summed E-state index contributed by atoms with van der Waals surface area (Å²) < 4.78 is 28.0. The van der Waals surface area contributed by atoms with Crippen molar-refractivity contribution >= 4 is 11.6 Å². The molecule has 0 bridgehead atoms. The smallest absolute Gasteiger partial charge is 0.296 e. The lowest BCUT2D eigenvalue weighted by atomic mass is 10.2. The first-order valence-corrected chi connectivity index (χ1v) is 3.49. The van der Waals surface area contributed by atoms with Gasteiger partial charge in [0.05, 0.1) is 12.7 Å². The quantitative estimate of drug-likeness (QED) is 0.533. The first-order valence-electron chi connectivity index (χ1n) is 3.49. The maximum Gasteiger partial charge on any atom is 0.296 e. The van der Waals surface area contributed by atoms with Gasteiger partial charge in [0, 0.05) is 0 Å². The van der Waals surface area contributed by atoms with E-state index in [0.29, 0.717) is 0 Å². The van der Waals surface area contributed by atoms with E-state index < -0.39 is 24.4 Å². The minimum atomic E-state index is -3.10. The first-order chi connectivity index (χ1) is 6.11. The summed E-state index contributed by atoms with van der Waals surface area (Å²) in [7, 11) is 0. The number of alkyl halides is 2. The van der Waals surface area contributed by atoms with E-state index in [0.717, 1.165) is 0 Å². The Balaban J connectivity index is 2.57. The van der Waals surface area contributed by atoms with E-state index in [1.54, 1.807) is 0 Å². The molecule has 0 spiro atoms. The second-order valence-electron chi connectivity index (χ2n) is 2.34. The maximum absolute atomic E-state index is 11.7. The lowest BCUT2D eigenvalue weighted by Gasteiger charge is -1.95. The summed E-state index contributed by atoms with van der Waals surface area (Å²) in [6, 6.07) is 2.77. The fraction of sp³-hybridized carbons (Fsp3) is 0.250. The second kappa shape index (κ2) is 3.93. The van der Waals surface area contributed by atoms with Gasteiger partial charge in [0.15, 0.2) is 5.76 Å². The molecule has 13 heavy (non-hydrogen) atoms. The Hall–Kier alpha value is -1.52. The van der Waals surface area contributed by atoms with Crippen LogP contribution in [-0.2, 0) is 4.79 Å². The molecule has 0 fully saturated rings. The van der Waals surface area contributed by atoms with Crippen LogP contribution in [0.5, 0.6) is 0 Å². The number of carbonyl (C=O) groups is 2. The number of hydrogen-bond donors (Lipinski definition) is 0. The minimum absolute atomic E-state index is 0.0750. The van der Waals surface area contributed by atoms with E-state index in [2.05, 4.69) is 4.42 Å². The third kappa shape index (κ3) is 2.47. The maximum atomic E-state index is 11.7. The number of carbonyl (C=O) groups excluding carboxylic acids is 2. The number of furan rings is 1. The summed E-state index contributed by atoms with van der Waals surface area (Å²) in [6.07, 6.45) is -2.68. The van der Waals surface area contributed by atoms with E-state index in [9.17, 15) is 18.4 Å². The molecule has 0 amide bonds. The third-order valence-corrected chi connectivity index (χ3v) is 1.37. The molecule has 0 radical (unpaired) electrons. The lowest BCUT2D eigenvalue weighted by molar-refractivity contribution is -0.128. The zero-order chi connectivity index (χ0) is 9.84. The normalized spacial score (nSPS) is 10.4. The molecule has 1 heterocycles. The molecular weight excluding hydrogens is 182 g/mol. The van der Waals surface area contributed by atoms with Gasteiger partial charge in [-0.25, -0.2) is 8.78 Å². The highest BCUT2D eigenvalue weighted by atomic mass is 19.3. The van der Waals surface area contributed by atoms with Crippen molar-refractivity contribution in [2.45, 2.75) is 12.8 Å². The van der Waals surface area contributed by atoms with Crippen LogP contribution >= 0.6 is 0 Å². The van der Waals surface area contributed by atoms with Crippen molar-refractivity contribution in [2.75, 3.05) is 0 Å². The van der Waals surface area contributed by atoms with Gasteiger partial charge in [0.2, 0.25) is 11.6 Å². The van der Waals surface area contributed by atoms with Crippen molar-refractivity contribution in [1.29, 1.82) is 0 Å². The van der Waals surface area contributed by atoms with Crippen molar-refractivity contribution in [2.24, 2.45) is 0 Å². The van der Waals surface area contributed by atoms with Crippen molar-refractivity contribution in [1.82, 2.24) is 0 Å². The number of rotatable bonds is 4. The van der Waals surface area contributed by atoms with E-state index in [-0.39, 0.29) is 5.76 Å². The minimum Gasteiger partial charge on any atom is -0.461 e. The van der Waals surface area contributed by atoms with E-state index in [1.165, 1.54) is 18.4 Å². The molecule has 70 valence electrons. The number of Topliss-reactive ketones (excluding diaryl/α,β-unsaturated/α-hetero) is 2. The zero-order valence-electron chi connectivity index (χ0n) is 6.50. The van der Waals surface area contributed by atoms with Crippen LogP contribution in [0.4, 0.5) is 8.78 Å². The Morgan fingerprint density at radius 3 is 2.62 bits per heavy atom. The van der Waals surface area contributed by atoms with Crippen LogP contribution in [0.25, 0.3) is 0 Å². The predicted molar refractivity (Wildman–Crippen MR) is 38.7 cm³/mol. The fourth-order valence-corrected chi connectivity index (χ4v) is 0.760. The number of ketones is 2. The molecule has 1 aromatic heterocycles. The van der Waals surface area contributed by atoms with E-state index in [4.69, 9.17) is 0 Å². The standard InChI is InChI=1S/C8H6F2O3/c9-8(10)6(12)4-5(11)7-2-1-3-13-7/h1-3,8H,4H2. The molecule has 0 aromatic carbocycles. The predicted octanol–water partition coefficient (Wildman–Crippen LogP) is 1.69. The van der Waals surface area contributed by atoms with Crippen LogP contribution in [0, 0.1) is 0 Å². The van der Waals surface area contributed by atoms with Crippen molar-refractivity contribution in [3.05, 3.63) is 24.2 Å². The highest BCUT2D eigenvalue weighted by Gasteiger charge is 2.21. The molecule has 5 heteroatoms. The molecule has 1 rings (SSSR count). The number of halogens is 2. The number of hydrogen-bond acceptors (Lipinski definition) is 3. The molecule has 1 aromatic rings. The molecule has 0 aliphatic heterocycles. The van der Waals surface area contributed by atoms with Crippen LogP contribution in [-0.4, -0.2) is 18.0 Å². The summed E-state index contributed by atoms with van der Waals surface area (Å²) in [5, 5.41) is 0. The molecular formula is C8H6F2O3. The largest absolute Gasteiger partial charge is 0.461 e. The SMILES string of the molecule is O=C(CC(=O)C(F)F)c1ccco1. The Kier molecular flexibility index (Phi) is 2.89. The van der Waals surface area contributed by atoms with Crippen molar-refractivity contribution < 1.29 is 22.8 Å². The van der Waals surface area contributed by atoms with Gasteiger partial charge in [0.1, 0.15) is 0 Å². The molecule has 0 saturated carbocycles. The van der Waals surface area contributed by atoms with Crippen LogP contribution in [0.1, 0.15) is 17.0 Å². The molecule has 0 N–H and O–H groups in total. The fourth-order valence-electron chi connectivity index (χ4n) is 0.760. The molecule has 3 nitrogen and oxygen atoms in total. The monoisotopic (exact) mass is 188 g/mol. The topological polar surface area (TPSA) is 47.3 Å². The van der Waals surface area contributed by atoms with Crippen LogP contribution in [0.2, 0.25) is 0 Å². The molecule has 0 aliphatic rings. The first kappa shape index (κ1) is 9.57. The molecule has 0 saturated heterocycles. The average molecular weight is 188 g/mol. The van der Waals surface area contributed by atoms with Gasteiger partial charge in [-0.1, -0.05) is 0 Å². The zero-order valence-corrected chi connectivity index (χ0v) is 6.50. The van der Waals surface area contributed by atoms with Gasteiger partial charge in [-0.15, -0.1) is 0 Å². The van der Waals surface area contributed by atoms with Crippen molar-refractivity contribution in [3.8, 4) is 0 Å². The van der Waals surface area contributed by atoms with Gasteiger partial charge >= 0.3 is 0 Å². The Morgan fingerprint density at radius 1 is 1.46 bits per heavy atom. The summed E-state index contributed by atoms with van der Waals surface area (Å²) in [4.78, 5) is 21.4. The van der Waals surface area contributed by atoms with Gasteiger partial charge < -0.3 is 4.42 Å². The second-order valence-corrected chi connectivity index (χ2v) is 2.34. The average Bonchev–Trinajstić information content (AvgIpc) is 2.55. The molecule has 0 atom stereocenters. The van der Waals surface area contributed by atoms with Gasteiger partial charge in [0.25, 0.3) is 6.43 Å². The summed E-state index contributed by atoms with van der Waals surface area (Å²) in [5.41, 5.74) is 0. The summed E-state index contributed by atoms with van der Waals surface area (Å²) in [6.45, 7) is 0. The highest BCUT2D eigenvalue weighted by Crippen LogP contribution is 2.07. The van der Waals surface area contributed by atoms with Gasteiger partial charge in [-0.05, 0) is 12.1 Å². The Labute approximate surface area is 72.3 Å². The summed E-state index contributed by atoms with van der Waals surface area (Å²) in [5.74, 6) is -2.19. The van der Waals surface area contributed by atoms with Crippen LogP contribution < -0.4 is 0 Å². The third-order valence-electron chi connectivity index (χ3n) is 1.37. The Morgan fingerprint density at radius 2 is 2.15 bits per heavy atom.